The van der Waals surface area contributed by atoms with Gasteiger partial charge in [-0.05, 0) is 30.4 Å². The van der Waals surface area contributed by atoms with Crippen molar-refractivity contribution in [3.8, 4) is 0 Å². The zero-order valence-electron chi connectivity index (χ0n) is 11.1. The number of aromatic nitrogens is 1. The molecule has 0 saturated carbocycles. The molecule has 0 aliphatic heterocycles. The number of hydrogen-bond donors (Lipinski definition) is 2. The summed E-state index contributed by atoms with van der Waals surface area (Å²) >= 11 is 5.60. The van der Waals surface area contributed by atoms with Crippen LogP contribution in [-0.2, 0) is 10.0 Å². The molecule has 0 radical (unpaired) electrons. The Morgan fingerprint density at radius 2 is 2.11 bits per heavy atom. The van der Waals surface area contributed by atoms with E-state index in [1.807, 2.05) is 13.8 Å². The molecule has 0 aliphatic carbocycles. The number of aliphatic hydroxyl groups excluding tert-OH is 1. The molecule has 1 aromatic rings. The lowest BCUT2D eigenvalue weighted by Crippen LogP contribution is -2.26. The molecule has 7 heteroatoms. The number of nitrogens with one attached hydrogen (secondary N) is 1. The SMILES string of the molecule is CC(C)(CO)CCCNS(=O)(=O)c1ccc(Cl)nc1. The molecule has 19 heavy (non-hydrogen) atoms. The maximum Gasteiger partial charge on any atom is 0.242 e. The summed E-state index contributed by atoms with van der Waals surface area (Å²) in [6.07, 6.45) is 2.63. The topological polar surface area (TPSA) is 79.3 Å². The van der Waals surface area contributed by atoms with Crippen molar-refractivity contribution < 1.29 is 13.5 Å². The summed E-state index contributed by atoms with van der Waals surface area (Å²) in [5.41, 5.74) is -0.187. The summed E-state index contributed by atoms with van der Waals surface area (Å²) in [5, 5.41) is 9.35. The Labute approximate surface area is 119 Å². The van der Waals surface area contributed by atoms with Gasteiger partial charge in [0.2, 0.25) is 10.0 Å². The van der Waals surface area contributed by atoms with Crippen molar-refractivity contribution in [3.05, 3.63) is 23.5 Å². The van der Waals surface area contributed by atoms with E-state index in [1.165, 1.54) is 18.3 Å². The van der Waals surface area contributed by atoms with E-state index in [9.17, 15) is 8.42 Å². The monoisotopic (exact) mass is 306 g/mol. The summed E-state index contributed by atoms with van der Waals surface area (Å²) in [6.45, 7) is 4.28. The summed E-state index contributed by atoms with van der Waals surface area (Å²) in [4.78, 5) is 3.84. The van der Waals surface area contributed by atoms with Gasteiger partial charge in [-0.25, -0.2) is 18.1 Å². The van der Waals surface area contributed by atoms with Gasteiger partial charge in [0.25, 0.3) is 0 Å². The Balaban J connectivity index is 2.50. The summed E-state index contributed by atoms with van der Waals surface area (Å²) < 4.78 is 26.3. The van der Waals surface area contributed by atoms with Gasteiger partial charge >= 0.3 is 0 Å². The summed E-state index contributed by atoms with van der Waals surface area (Å²) in [5.74, 6) is 0. The fraction of sp³-hybridized carbons (Fsp3) is 0.583. The average Bonchev–Trinajstić information content (AvgIpc) is 2.35. The highest BCUT2D eigenvalue weighted by Crippen LogP contribution is 2.20. The van der Waals surface area contributed by atoms with Crippen molar-refractivity contribution in [2.24, 2.45) is 5.41 Å². The number of nitrogens with zero attached hydrogens (tertiary/aromatic N) is 1. The van der Waals surface area contributed by atoms with Gasteiger partial charge in [0.05, 0.1) is 0 Å². The molecular formula is C12H19ClN2O3S. The second kappa shape index (κ2) is 6.65. The number of pyridine rings is 1. The van der Waals surface area contributed by atoms with E-state index in [1.54, 1.807) is 0 Å². The number of sulfonamides is 1. The number of halogens is 1. The molecule has 1 aromatic heterocycles. The van der Waals surface area contributed by atoms with Crippen LogP contribution in [0.25, 0.3) is 0 Å². The van der Waals surface area contributed by atoms with Gasteiger partial charge in [0.1, 0.15) is 10.0 Å². The number of aliphatic hydroxyl groups is 1. The summed E-state index contributed by atoms with van der Waals surface area (Å²) in [7, 11) is -3.54. The molecule has 0 saturated heterocycles. The van der Waals surface area contributed by atoms with Crippen molar-refractivity contribution in [1.82, 2.24) is 9.71 Å². The first-order chi connectivity index (χ1) is 8.77. The Hall–Kier alpha value is -0.690. The molecule has 0 aliphatic rings. The maximum absolute atomic E-state index is 11.9. The third-order valence-electron chi connectivity index (χ3n) is 2.76. The zero-order valence-corrected chi connectivity index (χ0v) is 12.6. The van der Waals surface area contributed by atoms with Gasteiger partial charge in [-0.2, -0.15) is 0 Å². The van der Waals surface area contributed by atoms with Gasteiger partial charge in [0, 0.05) is 19.3 Å². The predicted molar refractivity (Wildman–Crippen MR) is 74.5 cm³/mol. The zero-order chi connectivity index (χ0) is 14.5. The lowest BCUT2D eigenvalue weighted by Gasteiger charge is -2.21. The van der Waals surface area contributed by atoms with E-state index < -0.39 is 10.0 Å². The first-order valence-corrected chi connectivity index (χ1v) is 7.85. The molecule has 0 amide bonds. The van der Waals surface area contributed by atoms with E-state index in [4.69, 9.17) is 16.7 Å². The fourth-order valence-corrected chi connectivity index (χ4v) is 2.59. The van der Waals surface area contributed by atoms with Crippen LogP contribution in [0, 0.1) is 5.41 Å². The highest BCUT2D eigenvalue weighted by Gasteiger charge is 2.17. The second-order valence-electron chi connectivity index (χ2n) is 5.14. The largest absolute Gasteiger partial charge is 0.396 e. The van der Waals surface area contributed by atoms with E-state index in [-0.39, 0.29) is 22.1 Å². The van der Waals surface area contributed by atoms with Gasteiger partial charge < -0.3 is 5.11 Å². The molecule has 0 aromatic carbocycles. The van der Waals surface area contributed by atoms with Crippen LogP contribution in [0.15, 0.2) is 23.2 Å². The van der Waals surface area contributed by atoms with Crippen LogP contribution in [0.2, 0.25) is 5.15 Å². The normalized spacial score (nSPS) is 12.6. The van der Waals surface area contributed by atoms with Crippen LogP contribution in [0.3, 0.4) is 0 Å². The van der Waals surface area contributed by atoms with Crippen molar-refractivity contribution in [2.75, 3.05) is 13.2 Å². The van der Waals surface area contributed by atoms with E-state index in [2.05, 4.69) is 9.71 Å². The molecule has 108 valence electrons. The molecule has 2 N–H and O–H groups in total. The lowest BCUT2D eigenvalue weighted by atomic mass is 9.89. The van der Waals surface area contributed by atoms with Crippen LogP contribution in [0.5, 0.6) is 0 Å². The molecule has 1 rings (SSSR count). The minimum Gasteiger partial charge on any atom is -0.396 e. The van der Waals surface area contributed by atoms with Crippen molar-refractivity contribution in [1.29, 1.82) is 0 Å². The van der Waals surface area contributed by atoms with Crippen LogP contribution >= 0.6 is 11.6 Å². The first-order valence-electron chi connectivity index (χ1n) is 5.99. The smallest absolute Gasteiger partial charge is 0.242 e. The maximum atomic E-state index is 11.9. The standard InChI is InChI=1S/C12H19ClN2O3S/c1-12(2,9-16)6-3-7-15-19(17,18)10-4-5-11(13)14-8-10/h4-5,8,15-16H,3,6-7,9H2,1-2H3. The molecule has 1 heterocycles. The quantitative estimate of drug-likeness (QED) is 0.595. The van der Waals surface area contributed by atoms with E-state index in [0.29, 0.717) is 13.0 Å². The van der Waals surface area contributed by atoms with E-state index >= 15 is 0 Å². The van der Waals surface area contributed by atoms with Crippen molar-refractivity contribution in [2.45, 2.75) is 31.6 Å². The highest BCUT2D eigenvalue weighted by molar-refractivity contribution is 7.89. The Morgan fingerprint density at radius 1 is 1.42 bits per heavy atom. The van der Waals surface area contributed by atoms with Crippen molar-refractivity contribution in [3.63, 3.8) is 0 Å². The van der Waals surface area contributed by atoms with Crippen LogP contribution in [0.1, 0.15) is 26.7 Å². The van der Waals surface area contributed by atoms with E-state index in [0.717, 1.165) is 6.42 Å². The summed E-state index contributed by atoms with van der Waals surface area (Å²) in [6, 6.07) is 2.85. The molecule has 5 nitrogen and oxygen atoms in total. The average molecular weight is 307 g/mol. The van der Waals surface area contributed by atoms with Gasteiger partial charge in [-0.1, -0.05) is 25.4 Å². The predicted octanol–water partition coefficient (Wildman–Crippen LogP) is 1.81. The van der Waals surface area contributed by atoms with Crippen LogP contribution in [-0.4, -0.2) is 31.7 Å². The minimum atomic E-state index is -3.54. The first kappa shape index (κ1) is 16.4. The third-order valence-corrected chi connectivity index (χ3v) is 4.43. The molecule has 0 unspecified atom stereocenters. The fourth-order valence-electron chi connectivity index (χ4n) is 1.46. The Bertz CT molecular complexity index is 500. The lowest BCUT2D eigenvalue weighted by molar-refractivity contribution is 0.148. The Kier molecular flexibility index (Phi) is 5.73. The minimum absolute atomic E-state index is 0.0842. The van der Waals surface area contributed by atoms with Gasteiger partial charge in [-0.15, -0.1) is 0 Å². The molecular weight excluding hydrogens is 288 g/mol. The highest BCUT2D eigenvalue weighted by atomic mass is 35.5. The van der Waals surface area contributed by atoms with Gasteiger partial charge in [0.15, 0.2) is 0 Å². The molecule has 0 spiro atoms. The Morgan fingerprint density at radius 3 is 2.63 bits per heavy atom. The molecule has 0 atom stereocenters. The van der Waals surface area contributed by atoms with Crippen LogP contribution < -0.4 is 4.72 Å². The second-order valence-corrected chi connectivity index (χ2v) is 7.29. The molecule has 0 bridgehead atoms. The molecule has 0 fully saturated rings. The van der Waals surface area contributed by atoms with Crippen LogP contribution in [0.4, 0.5) is 0 Å². The van der Waals surface area contributed by atoms with Gasteiger partial charge in [-0.3, -0.25) is 0 Å². The van der Waals surface area contributed by atoms with Crippen molar-refractivity contribution >= 4 is 21.6 Å². The number of rotatable bonds is 7. The number of hydrogen-bond acceptors (Lipinski definition) is 4. The third kappa shape index (κ3) is 5.44.